The second-order valence-corrected chi connectivity index (χ2v) is 5.04. The molecular formula is C11H13Cl2N3OS. The number of hydrogen-bond acceptors (Lipinski definition) is 3. The predicted octanol–water partition coefficient (Wildman–Crippen LogP) is 2.53. The molecule has 2 N–H and O–H groups in total. The number of hydrogen-bond donors (Lipinski definition) is 2. The molecule has 0 radical (unpaired) electrons. The quantitative estimate of drug-likeness (QED) is 0.821. The lowest BCUT2D eigenvalue weighted by molar-refractivity contribution is 0.0252. The number of hydrazine groups is 1. The number of rotatable bonds is 2. The molecule has 2 rings (SSSR count). The molecule has 1 saturated heterocycles. The van der Waals surface area contributed by atoms with Gasteiger partial charge < -0.3 is 10.1 Å². The fourth-order valence-electron chi connectivity index (χ4n) is 1.56. The minimum Gasteiger partial charge on any atom is -0.379 e. The largest absolute Gasteiger partial charge is 0.379 e. The first-order chi connectivity index (χ1) is 8.65. The number of benzene rings is 1. The second-order valence-electron chi connectivity index (χ2n) is 3.79. The first kappa shape index (κ1) is 13.8. The standard InChI is InChI=1S/C11H13Cl2N3OS/c12-8-1-2-9(13)10(7-8)14-11(18)15-16-3-5-17-6-4-16/h1-2,7H,3-6H2,(H2,14,15,18). The smallest absolute Gasteiger partial charge is 0.185 e. The van der Waals surface area contributed by atoms with E-state index < -0.39 is 0 Å². The van der Waals surface area contributed by atoms with Crippen molar-refractivity contribution >= 4 is 46.2 Å². The lowest BCUT2D eigenvalue weighted by Crippen LogP contribution is -2.49. The van der Waals surface area contributed by atoms with Crippen molar-refractivity contribution in [2.45, 2.75) is 0 Å². The molecule has 0 aliphatic carbocycles. The zero-order chi connectivity index (χ0) is 13.0. The molecule has 0 atom stereocenters. The minimum absolute atomic E-state index is 0.487. The van der Waals surface area contributed by atoms with E-state index in [2.05, 4.69) is 10.7 Å². The van der Waals surface area contributed by atoms with Gasteiger partial charge in [0.15, 0.2) is 5.11 Å². The normalized spacial score (nSPS) is 16.3. The highest BCUT2D eigenvalue weighted by molar-refractivity contribution is 7.80. The number of nitrogens with one attached hydrogen (secondary N) is 2. The summed E-state index contributed by atoms with van der Waals surface area (Å²) >= 11 is 17.2. The first-order valence-corrected chi connectivity index (χ1v) is 6.67. The molecule has 98 valence electrons. The van der Waals surface area contributed by atoms with Crippen LogP contribution in [0.5, 0.6) is 0 Å². The monoisotopic (exact) mass is 305 g/mol. The Morgan fingerprint density at radius 3 is 2.72 bits per heavy atom. The van der Waals surface area contributed by atoms with Crippen LogP contribution in [-0.4, -0.2) is 36.4 Å². The third kappa shape index (κ3) is 3.96. The molecule has 0 bridgehead atoms. The number of morpholine rings is 1. The van der Waals surface area contributed by atoms with Gasteiger partial charge in [-0.3, -0.25) is 5.43 Å². The van der Waals surface area contributed by atoms with E-state index in [0.717, 1.165) is 13.1 Å². The van der Waals surface area contributed by atoms with Crippen molar-refractivity contribution in [1.82, 2.24) is 10.4 Å². The zero-order valence-electron chi connectivity index (χ0n) is 9.58. The topological polar surface area (TPSA) is 36.5 Å². The molecular weight excluding hydrogens is 293 g/mol. The summed E-state index contributed by atoms with van der Waals surface area (Å²) in [6, 6.07) is 5.19. The molecule has 0 saturated carbocycles. The summed E-state index contributed by atoms with van der Waals surface area (Å²) in [5, 5.41) is 6.69. The summed E-state index contributed by atoms with van der Waals surface area (Å²) in [7, 11) is 0. The lowest BCUT2D eigenvalue weighted by atomic mass is 10.3. The maximum absolute atomic E-state index is 6.04. The van der Waals surface area contributed by atoms with Crippen LogP contribution >= 0.6 is 35.4 Å². The molecule has 7 heteroatoms. The Labute approximate surface area is 121 Å². The SMILES string of the molecule is S=C(Nc1cc(Cl)ccc1Cl)NN1CCOCC1. The van der Waals surface area contributed by atoms with E-state index >= 15 is 0 Å². The Morgan fingerprint density at radius 1 is 1.28 bits per heavy atom. The van der Waals surface area contributed by atoms with Crippen molar-refractivity contribution in [3.63, 3.8) is 0 Å². The van der Waals surface area contributed by atoms with Crippen molar-refractivity contribution in [3.8, 4) is 0 Å². The van der Waals surface area contributed by atoms with E-state index in [1.165, 1.54) is 0 Å². The van der Waals surface area contributed by atoms with Gasteiger partial charge >= 0.3 is 0 Å². The van der Waals surface area contributed by atoms with E-state index in [9.17, 15) is 0 Å². The highest BCUT2D eigenvalue weighted by Crippen LogP contribution is 2.25. The van der Waals surface area contributed by atoms with Crippen molar-refractivity contribution in [2.75, 3.05) is 31.6 Å². The molecule has 1 aliphatic heterocycles. The average Bonchev–Trinajstić information content (AvgIpc) is 2.35. The van der Waals surface area contributed by atoms with E-state index in [-0.39, 0.29) is 0 Å². The molecule has 18 heavy (non-hydrogen) atoms. The maximum atomic E-state index is 6.04. The highest BCUT2D eigenvalue weighted by Gasteiger charge is 2.11. The Balaban J connectivity index is 1.92. The summed E-state index contributed by atoms with van der Waals surface area (Å²) in [5.74, 6) is 0. The van der Waals surface area contributed by atoms with Crippen LogP contribution in [0.25, 0.3) is 0 Å². The molecule has 1 fully saturated rings. The lowest BCUT2D eigenvalue weighted by Gasteiger charge is -2.28. The van der Waals surface area contributed by atoms with Gasteiger partial charge in [0.05, 0.1) is 23.9 Å². The second kappa shape index (κ2) is 6.54. The van der Waals surface area contributed by atoms with Crippen molar-refractivity contribution in [1.29, 1.82) is 0 Å². The predicted molar refractivity (Wildman–Crippen MR) is 78.2 cm³/mol. The van der Waals surface area contributed by atoms with E-state index in [0.29, 0.717) is 34.1 Å². The fraction of sp³-hybridized carbons (Fsp3) is 0.364. The van der Waals surface area contributed by atoms with Crippen LogP contribution in [0.2, 0.25) is 10.0 Å². The summed E-state index contributed by atoms with van der Waals surface area (Å²) in [5.41, 5.74) is 3.78. The molecule has 1 aromatic rings. The summed E-state index contributed by atoms with van der Waals surface area (Å²) in [6.07, 6.45) is 0. The van der Waals surface area contributed by atoms with Gasteiger partial charge in [-0.25, -0.2) is 5.01 Å². The summed E-state index contributed by atoms with van der Waals surface area (Å²) in [6.45, 7) is 3.00. The highest BCUT2D eigenvalue weighted by atomic mass is 35.5. The van der Waals surface area contributed by atoms with Gasteiger partial charge in [-0.1, -0.05) is 23.2 Å². The van der Waals surface area contributed by atoms with Gasteiger partial charge in [-0.05, 0) is 30.4 Å². The van der Waals surface area contributed by atoms with Gasteiger partial charge in [-0.2, -0.15) is 0 Å². The van der Waals surface area contributed by atoms with Crippen LogP contribution in [-0.2, 0) is 4.74 Å². The first-order valence-electron chi connectivity index (χ1n) is 5.50. The van der Waals surface area contributed by atoms with Crippen LogP contribution in [0.1, 0.15) is 0 Å². The summed E-state index contributed by atoms with van der Waals surface area (Å²) < 4.78 is 5.25. The van der Waals surface area contributed by atoms with Gasteiger partial charge in [0.1, 0.15) is 0 Å². The molecule has 0 unspecified atom stereocenters. The Hall–Kier alpha value is -0.590. The van der Waals surface area contributed by atoms with Crippen molar-refractivity contribution in [2.24, 2.45) is 0 Å². The maximum Gasteiger partial charge on any atom is 0.185 e. The average molecular weight is 306 g/mol. The van der Waals surface area contributed by atoms with Gasteiger partial charge in [0.25, 0.3) is 0 Å². The number of anilines is 1. The van der Waals surface area contributed by atoms with Crippen LogP contribution in [0.15, 0.2) is 18.2 Å². The van der Waals surface area contributed by atoms with Gasteiger partial charge in [0.2, 0.25) is 0 Å². The minimum atomic E-state index is 0.487. The van der Waals surface area contributed by atoms with Crippen LogP contribution in [0.4, 0.5) is 5.69 Å². The number of halogens is 2. The van der Waals surface area contributed by atoms with E-state index in [4.69, 9.17) is 40.2 Å². The fourth-order valence-corrected chi connectivity index (χ4v) is 2.14. The molecule has 1 aromatic carbocycles. The number of ether oxygens (including phenoxy) is 1. The molecule has 0 amide bonds. The third-order valence-corrected chi connectivity index (χ3v) is 3.21. The molecule has 0 spiro atoms. The Kier molecular flexibility index (Phi) is 5.03. The van der Waals surface area contributed by atoms with E-state index in [1.54, 1.807) is 18.2 Å². The Bertz CT molecular complexity index is 438. The molecule has 1 aliphatic rings. The number of thiocarbonyl (C=S) groups is 1. The molecule has 4 nitrogen and oxygen atoms in total. The third-order valence-electron chi connectivity index (χ3n) is 2.45. The van der Waals surface area contributed by atoms with Crippen LogP contribution in [0, 0.1) is 0 Å². The van der Waals surface area contributed by atoms with Crippen LogP contribution < -0.4 is 10.7 Å². The summed E-state index contributed by atoms with van der Waals surface area (Å²) in [4.78, 5) is 0. The van der Waals surface area contributed by atoms with Gasteiger partial charge in [-0.15, -0.1) is 0 Å². The molecule has 1 heterocycles. The van der Waals surface area contributed by atoms with Gasteiger partial charge in [0, 0.05) is 18.1 Å². The van der Waals surface area contributed by atoms with Crippen molar-refractivity contribution in [3.05, 3.63) is 28.2 Å². The van der Waals surface area contributed by atoms with Crippen LogP contribution in [0.3, 0.4) is 0 Å². The Morgan fingerprint density at radius 2 is 2.00 bits per heavy atom. The molecule has 0 aromatic heterocycles. The van der Waals surface area contributed by atoms with Crippen molar-refractivity contribution < 1.29 is 4.74 Å². The van der Waals surface area contributed by atoms with E-state index in [1.807, 2.05) is 5.01 Å². The number of nitrogens with zero attached hydrogens (tertiary/aromatic N) is 1. The zero-order valence-corrected chi connectivity index (χ0v) is 11.9.